The van der Waals surface area contributed by atoms with Crippen molar-refractivity contribution in [3.8, 4) is 0 Å². The normalized spacial score (nSPS) is 28.2. The number of ether oxygens (including phenoxy) is 6. The van der Waals surface area contributed by atoms with Crippen molar-refractivity contribution in [2.24, 2.45) is 0 Å². The lowest BCUT2D eigenvalue weighted by Crippen LogP contribution is -2.66. The van der Waals surface area contributed by atoms with Crippen molar-refractivity contribution < 1.29 is 89.4 Å². The molecule has 3 rings (SSSR count). The summed E-state index contributed by atoms with van der Waals surface area (Å²) in [6.07, 6.45) is 35.6. The summed E-state index contributed by atoms with van der Waals surface area (Å²) in [6.45, 7) is 1.73. The van der Waals surface area contributed by atoms with Crippen LogP contribution in [0.3, 0.4) is 0 Å². The maximum atomic E-state index is 13.4. The Morgan fingerprint density at radius 3 is 1.11 bits per heavy atom. The molecule has 3 saturated heterocycles. The van der Waals surface area contributed by atoms with Crippen molar-refractivity contribution in [3.05, 3.63) is 36.5 Å². The summed E-state index contributed by atoms with van der Waals surface area (Å²) >= 11 is 0. The van der Waals surface area contributed by atoms with Gasteiger partial charge in [-0.3, -0.25) is 4.79 Å². The summed E-state index contributed by atoms with van der Waals surface area (Å²) < 4.78 is 34.3. The predicted molar refractivity (Wildman–Crippen MR) is 351 cm³/mol. The topological polar surface area (TPSA) is 307 Å². The number of unbranched alkanes of at least 4 members (excludes halogenated alkanes) is 36. The summed E-state index contributed by atoms with van der Waals surface area (Å²) in [5.41, 5.74) is 0. The first-order chi connectivity index (χ1) is 43.8. The molecule has 0 radical (unpaired) electrons. The first-order valence-corrected chi connectivity index (χ1v) is 36.2. The van der Waals surface area contributed by atoms with Gasteiger partial charge in [0.1, 0.15) is 73.2 Å². The van der Waals surface area contributed by atoms with Crippen LogP contribution in [0.1, 0.15) is 277 Å². The van der Waals surface area contributed by atoms with Crippen LogP contribution in [0.2, 0.25) is 0 Å². The van der Waals surface area contributed by atoms with Crippen LogP contribution in [0.4, 0.5) is 0 Å². The number of rotatable bonds is 56. The van der Waals surface area contributed by atoms with E-state index in [0.717, 1.165) is 51.4 Å². The highest BCUT2D eigenvalue weighted by Crippen LogP contribution is 2.33. The number of aliphatic hydroxyl groups excluding tert-OH is 11. The molecular weight excluding hydrogens is 1150 g/mol. The average molecular weight is 1290 g/mol. The summed E-state index contributed by atoms with van der Waals surface area (Å²) in [5.74, 6) is -0.288. The maximum Gasteiger partial charge on any atom is 0.220 e. The lowest BCUT2D eigenvalue weighted by Gasteiger charge is -2.48. The molecule has 0 aromatic heterocycles. The number of hydrogen-bond donors (Lipinski definition) is 12. The zero-order valence-corrected chi connectivity index (χ0v) is 55.9. The van der Waals surface area contributed by atoms with Crippen LogP contribution >= 0.6 is 0 Å². The zero-order chi connectivity index (χ0) is 65.4. The fourth-order valence-corrected chi connectivity index (χ4v) is 12.3. The number of carbonyl (C=O) groups is 1. The van der Waals surface area contributed by atoms with Gasteiger partial charge in [-0.15, -0.1) is 0 Å². The molecule has 0 spiro atoms. The van der Waals surface area contributed by atoms with Crippen LogP contribution < -0.4 is 5.32 Å². The van der Waals surface area contributed by atoms with Gasteiger partial charge < -0.3 is 89.9 Å². The highest BCUT2D eigenvalue weighted by atomic mass is 16.8. The van der Waals surface area contributed by atoms with E-state index in [1.54, 1.807) is 6.08 Å². The standard InChI is InChI=1S/C71H131NO18/c1-3-5-7-9-11-13-15-17-19-21-22-23-24-25-26-27-28-29-30-31-33-34-36-38-40-42-44-46-48-55(76)54(72-59(77)49-47-45-43-41-39-37-35-32-20-18-16-14-12-10-8-6-4-2)53-85-69-65(83)62(80)67(57(51-74)87-69)90-71-66(84)63(81)68(58(52-75)88-71)89-70-64(82)61(79)60(78)56(50-73)86-70/h18,20,38,40,46,48,54-58,60-71,73-76,78-84H,3-17,19,21-37,39,41-45,47,49-53H2,1-2H3,(H,72,77)/b20-18-,40-38+,48-46+. The Labute approximate surface area is 542 Å². The molecule has 17 atom stereocenters. The van der Waals surface area contributed by atoms with E-state index in [4.69, 9.17) is 28.4 Å². The van der Waals surface area contributed by atoms with E-state index in [1.165, 1.54) is 193 Å². The Bertz CT molecular complexity index is 1780. The molecule has 19 nitrogen and oxygen atoms in total. The minimum absolute atomic E-state index is 0.231. The third-order valence-electron chi connectivity index (χ3n) is 18.2. The Kier molecular flexibility index (Phi) is 48.6. The molecule has 0 aromatic carbocycles. The van der Waals surface area contributed by atoms with Gasteiger partial charge in [0.25, 0.3) is 0 Å². The molecule has 3 aliphatic rings. The monoisotopic (exact) mass is 1290 g/mol. The Hall–Kier alpha value is -1.99. The van der Waals surface area contributed by atoms with Crippen molar-refractivity contribution in [1.29, 1.82) is 0 Å². The first-order valence-electron chi connectivity index (χ1n) is 36.2. The second-order valence-electron chi connectivity index (χ2n) is 26.0. The van der Waals surface area contributed by atoms with Crippen molar-refractivity contribution in [2.45, 2.75) is 381 Å². The third-order valence-corrected chi connectivity index (χ3v) is 18.2. The Morgan fingerprint density at radius 2 is 0.711 bits per heavy atom. The molecule has 1 amide bonds. The van der Waals surface area contributed by atoms with Crippen LogP contribution in [-0.2, 0) is 33.2 Å². The SMILES string of the molecule is CCCCCCCC/C=C\CCCCCCCCCC(=O)NC(COC1OC(CO)C(OC2OC(CO)C(OC3OC(CO)C(O)C(O)C3O)C(O)C2O)C(O)C1O)C(O)/C=C/CC/C=C/CCCCCCCCCCCCCCCCCCCCCCCC. The summed E-state index contributed by atoms with van der Waals surface area (Å²) in [5, 5.41) is 121. The van der Waals surface area contributed by atoms with E-state index in [-0.39, 0.29) is 18.9 Å². The number of nitrogens with one attached hydrogen (secondary N) is 1. The minimum atomic E-state index is -1.98. The molecule has 0 saturated carbocycles. The molecule has 17 unspecified atom stereocenters. The van der Waals surface area contributed by atoms with Crippen molar-refractivity contribution in [1.82, 2.24) is 5.32 Å². The Morgan fingerprint density at radius 1 is 0.389 bits per heavy atom. The van der Waals surface area contributed by atoms with Gasteiger partial charge in [-0.1, -0.05) is 249 Å². The number of aliphatic hydroxyl groups is 11. The quantitative estimate of drug-likeness (QED) is 0.0199. The van der Waals surface area contributed by atoms with Crippen molar-refractivity contribution in [3.63, 3.8) is 0 Å². The zero-order valence-electron chi connectivity index (χ0n) is 55.9. The van der Waals surface area contributed by atoms with Crippen LogP contribution in [-0.4, -0.2) is 193 Å². The van der Waals surface area contributed by atoms with Crippen molar-refractivity contribution in [2.75, 3.05) is 26.4 Å². The lowest BCUT2D eigenvalue weighted by molar-refractivity contribution is -0.379. The fraction of sp³-hybridized carbons (Fsp3) is 0.901. The maximum absolute atomic E-state index is 13.4. The largest absolute Gasteiger partial charge is 0.394 e. The number of carbonyl (C=O) groups excluding carboxylic acids is 1. The molecule has 19 heteroatoms. The highest BCUT2D eigenvalue weighted by Gasteiger charge is 2.53. The number of amides is 1. The molecule has 528 valence electrons. The average Bonchev–Trinajstić information content (AvgIpc) is 0.847. The molecule has 0 aromatic rings. The molecule has 3 fully saturated rings. The van der Waals surface area contributed by atoms with E-state index in [1.807, 2.05) is 6.08 Å². The van der Waals surface area contributed by atoms with Gasteiger partial charge in [-0.25, -0.2) is 0 Å². The van der Waals surface area contributed by atoms with Crippen molar-refractivity contribution >= 4 is 5.91 Å². The highest BCUT2D eigenvalue weighted by molar-refractivity contribution is 5.76. The van der Waals surface area contributed by atoms with Crippen LogP contribution in [0, 0.1) is 0 Å². The van der Waals surface area contributed by atoms with Crippen LogP contribution in [0.15, 0.2) is 36.5 Å². The summed E-state index contributed by atoms with van der Waals surface area (Å²) in [6, 6.07) is -0.992. The Balaban J connectivity index is 1.43. The van der Waals surface area contributed by atoms with Gasteiger partial charge in [0.2, 0.25) is 5.91 Å². The number of allylic oxidation sites excluding steroid dienone is 5. The molecule has 0 aliphatic carbocycles. The minimum Gasteiger partial charge on any atom is -0.394 e. The second kappa shape index (κ2) is 53.2. The fourth-order valence-electron chi connectivity index (χ4n) is 12.3. The van der Waals surface area contributed by atoms with E-state index < -0.39 is 124 Å². The van der Waals surface area contributed by atoms with E-state index in [2.05, 4.69) is 43.5 Å². The van der Waals surface area contributed by atoms with Gasteiger partial charge in [0.05, 0.1) is 38.6 Å². The molecule has 90 heavy (non-hydrogen) atoms. The second-order valence-corrected chi connectivity index (χ2v) is 26.0. The van der Waals surface area contributed by atoms with Crippen LogP contribution in [0.5, 0.6) is 0 Å². The summed E-state index contributed by atoms with van der Waals surface area (Å²) in [7, 11) is 0. The predicted octanol–water partition coefficient (Wildman–Crippen LogP) is 10.00. The summed E-state index contributed by atoms with van der Waals surface area (Å²) in [4.78, 5) is 13.4. The molecular formula is C71H131NO18. The van der Waals surface area contributed by atoms with Gasteiger partial charge >= 0.3 is 0 Å². The van der Waals surface area contributed by atoms with E-state index in [0.29, 0.717) is 12.8 Å². The van der Waals surface area contributed by atoms with E-state index >= 15 is 0 Å². The van der Waals surface area contributed by atoms with Gasteiger partial charge in [0, 0.05) is 6.42 Å². The van der Waals surface area contributed by atoms with Crippen LogP contribution in [0.25, 0.3) is 0 Å². The van der Waals surface area contributed by atoms with Gasteiger partial charge in [0.15, 0.2) is 18.9 Å². The third kappa shape index (κ3) is 34.6. The first kappa shape index (κ1) is 82.2. The van der Waals surface area contributed by atoms with Gasteiger partial charge in [-0.2, -0.15) is 0 Å². The molecule has 3 heterocycles. The van der Waals surface area contributed by atoms with Gasteiger partial charge in [-0.05, 0) is 57.8 Å². The number of hydrogen-bond acceptors (Lipinski definition) is 18. The van der Waals surface area contributed by atoms with E-state index in [9.17, 15) is 61.0 Å². The smallest absolute Gasteiger partial charge is 0.220 e. The molecule has 12 N–H and O–H groups in total. The lowest BCUT2D eigenvalue weighted by atomic mass is 9.96. The molecule has 3 aliphatic heterocycles. The molecule has 0 bridgehead atoms.